The summed E-state index contributed by atoms with van der Waals surface area (Å²) in [4.78, 5) is 1.79. The van der Waals surface area contributed by atoms with E-state index < -0.39 is 12.9 Å². The van der Waals surface area contributed by atoms with Gasteiger partial charge in [-0.25, -0.2) is 4.39 Å². The molecule has 0 saturated carbocycles. The number of benzene rings is 3. The number of anilines is 1. The molecule has 0 amide bonds. The molecule has 3 rings (SSSR count). The van der Waals surface area contributed by atoms with Crippen molar-refractivity contribution in [3.63, 3.8) is 0 Å². The van der Waals surface area contributed by atoms with Crippen molar-refractivity contribution < 1.29 is 23.9 Å². The fourth-order valence-corrected chi connectivity index (χ4v) is 3.36. The molecule has 30 heavy (non-hydrogen) atoms. The molecule has 0 fully saturated rings. The maximum Gasteiger partial charge on any atom is 0.491 e. The minimum Gasteiger partial charge on any atom is -0.497 e. The molecule has 2 N–H and O–H groups in total. The zero-order valence-corrected chi connectivity index (χ0v) is 17.4. The maximum atomic E-state index is 15.1. The zero-order chi connectivity index (χ0) is 21.7. The summed E-state index contributed by atoms with van der Waals surface area (Å²) >= 11 is 6.15. The average molecular weight is 430 g/mol. The van der Waals surface area contributed by atoms with Crippen LogP contribution in [0.5, 0.6) is 11.5 Å². The third-order valence-electron chi connectivity index (χ3n) is 4.73. The van der Waals surface area contributed by atoms with Crippen LogP contribution in [0.2, 0.25) is 5.02 Å². The number of methoxy groups -OCH3 is 2. The molecule has 0 spiro atoms. The summed E-state index contributed by atoms with van der Waals surface area (Å²) < 4.78 is 25.5. The second-order valence-electron chi connectivity index (χ2n) is 6.75. The molecule has 156 valence electrons. The Bertz CT molecular complexity index is 934. The van der Waals surface area contributed by atoms with Crippen molar-refractivity contribution in [2.75, 3.05) is 19.1 Å². The Morgan fingerprint density at radius 3 is 1.73 bits per heavy atom. The van der Waals surface area contributed by atoms with Crippen LogP contribution in [-0.4, -0.2) is 31.4 Å². The van der Waals surface area contributed by atoms with E-state index in [9.17, 15) is 10.0 Å². The van der Waals surface area contributed by atoms with E-state index in [1.165, 1.54) is 12.1 Å². The van der Waals surface area contributed by atoms with Crippen LogP contribution < -0.4 is 19.8 Å². The Morgan fingerprint density at radius 2 is 1.33 bits per heavy atom. The SMILES string of the molecule is COc1ccc(CN(Cc2ccc(OC)cc2)c2cc(Cl)cc(B(O)O)c2F)cc1. The van der Waals surface area contributed by atoms with E-state index in [1.807, 2.05) is 48.5 Å². The van der Waals surface area contributed by atoms with Crippen LogP contribution in [0.3, 0.4) is 0 Å². The van der Waals surface area contributed by atoms with Crippen LogP contribution in [-0.2, 0) is 13.1 Å². The molecule has 0 atom stereocenters. The first-order valence-electron chi connectivity index (χ1n) is 9.27. The molecule has 3 aromatic rings. The minimum atomic E-state index is -1.97. The van der Waals surface area contributed by atoms with Crippen LogP contribution in [0.4, 0.5) is 10.1 Å². The van der Waals surface area contributed by atoms with Crippen molar-refractivity contribution in [1.29, 1.82) is 0 Å². The summed E-state index contributed by atoms with van der Waals surface area (Å²) in [5.74, 6) is 0.719. The van der Waals surface area contributed by atoms with Gasteiger partial charge in [-0.2, -0.15) is 0 Å². The first-order valence-corrected chi connectivity index (χ1v) is 9.65. The zero-order valence-electron chi connectivity index (χ0n) is 16.7. The summed E-state index contributed by atoms with van der Waals surface area (Å²) in [7, 11) is 1.22. The molecule has 0 heterocycles. The number of ether oxygens (including phenoxy) is 2. The number of hydrogen-bond acceptors (Lipinski definition) is 5. The third-order valence-corrected chi connectivity index (χ3v) is 4.95. The predicted molar refractivity (Wildman–Crippen MR) is 117 cm³/mol. The largest absolute Gasteiger partial charge is 0.497 e. The Balaban J connectivity index is 1.99. The van der Waals surface area contributed by atoms with Crippen molar-refractivity contribution in [1.82, 2.24) is 0 Å². The topological polar surface area (TPSA) is 62.2 Å². The first-order chi connectivity index (χ1) is 14.4. The van der Waals surface area contributed by atoms with E-state index in [0.717, 1.165) is 22.6 Å². The van der Waals surface area contributed by atoms with E-state index in [4.69, 9.17) is 21.1 Å². The smallest absolute Gasteiger partial charge is 0.491 e. The first kappa shape index (κ1) is 22.0. The Labute approximate surface area is 180 Å². The second kappa shape index (κ2) is 9.85. The summed E-state index contributed by atoms with van der Waals surface area (Å²) in [6.45, 7) is 0.739. The molecule has 0 saturated heterocycles. The molecule has 3 aromatic carbocycles. The lowest BCUT2D eigenvalue weighted by Crippen LogP contribution is -2.35. The van der Waals surface area contributed by atoms with Gasteiger partial charge in [-0.05, 0) is 47.5 Å². The van der Waals surface area contributed by atoms with Gasteiger partial charge in [0, 0.05) is 23.6 Å². The molecule has 0 radical (unpaired) electrons. The molecular formula is C22H22BClFNO4. The molecule has 0 unspecified atom stereocenters. The van der Waals surface area contributed by atoms with E-state index in [2.05, 4.69) is 0 Å². The molecule has 0 bridgehead atoms. The van der Waals surface area contributed by atoms with Gasteiger partial charge < -0.3 is 24.4 Å². The number of rotatable bonds is 8. The van der Waals surface area contributed by atoms with Crippen molar-refractivity contribution >= 4 is 29.9 Å². The van der Waals surface area contributed by atoms with E-state index >= 15 is 4.39 Å². The summed E-state index contributed by atoms with van der Waals surface area (Å²) in [6.07, 6.45) is 0. The highest BCUT2D eigenvalue weighted by atomic mass is 35.5. The average Bonchev–Trinajstić information content (AvgIpc) is 2.75. The molecule has 8 heteroatoms. The third kappa shape index (κ3) is 5.24. The summed E-state index contributed by atoms with van der Waals surface area (Å²) in [5, 5.41) is 19.3. The number of hydrogen-bond donors (Lipinski definition) is 2. The standard InChI is InChI=1S/C22H22BClFNO4/c1-29-18-7-3-15(4-8-18)13-26(14-16-5-9-19(30-2)10-6-16)21-12-17(24)11-20(22(21)25)23(27)28/h3-12,27-28H,13-14H2,1-2H3. The quantitative estimate of drug-likeness (QED) is 0.538. The van der Waals surface area contributed by atoms with Gasteiger partial charge in [0.05, 0.1) is 19.9 Å². The number of halogens is 2. The fourth-order valence-electron chi connectivity index (χ4n) is 3.14. The van der Waals surface area contributed by atoms with Gasteiger partial charge in [0.1, 0.15) is 17.3 Å². The Morgan fingerprint density at radius 1 is 0.867 bits per heavy atom. The van der Waals surface area contributed by atoms with Gasteiger partial charge in [0.2, 0.25) is 0 Å². The fraction of sp³-hybridized carbons (Fsp3) is 0.182. The van der Waals surface area contributed by atoms with Crippen molar-refractivity contribution in [2.24, 2.45) is 0 Å². The van der Waals surface area contributed by atoms with E-state index in [0.29, 0.717) is 13.1 Å². The van der Waals surface area contributed by atoms with Gasteiger partial charge in [-0.3, -0.25) is 0 Å². The van der Waals surface area contributed by atoms with Crippen molar-refractivity contribution in [2.45, 2.75) is 13.1 Å². The highest BCUT2D eigenvalue weighted by molar-refractivity contribution is 6.59. The normalized spacial score (nSPS) is 10.6. The maximum absolute atomic E-state index is 15.1. The van der Waals surface area contributed by atoms with Crippen LogP contribution in [0.15, 0.2) is 60.7 Å². The lowest BCUT2D eigenvalue weighted by molar-refractivity contribution is 0.414. The van der Waals surface area contributed by atoms with Crippen LogP contribution in [0, 0.1) is 5.82 Å². The Hall–Kier alpha value is -2.74. The van der Waals surface area contributed by atoms with Crippen molar-refractivity contribution in [3.05, 3.63) is 82.6 Å². The van der Waals surface area contributed by atoms with E-state index in [1.54, 1.807) is 19.1 Å². The monoisotopic (exact) mass is 429 g/mol. The Kier molecular flexibility index (Phi) is 7.21. The molecule has 0 aliphatic heterocycles. The van der Waals surface area contributed by atoms with Gasteiger partial charge in [-0.15, -0.1) is 0 Å². The van der Waals surface area contributed by atoms with Gasteiger partial charge in [0.15, 0.2) is 0 Å². The number of nitrogens with zero attached hydrogens (tertiary/aromatic N) is 1. The van der Waals surface area contributed by atoms with Gasteiger partial charge in [0.25, 0.3) is 0 Å². The predicted octanol–water partition coefficient (Wildman–Crippen LogP) is 3.38. The van der Waals surface area contributed by atoms with Crippen LogP contribution in [0.1, 0.15) is 11.1 Å². The highest BCUT2D eigenvalue weighted by Crippen LogP contribution is 2.27. The van der Waals surface area contributed by atoms with Gasteiger partial charge in [-0.1, -0.05) is 35.9 Å². The molecular weight excluding hydrogens is 408 g/mol. The van der Waals surface area contributed by atoms with Gasteiger partial charge >= 0.3 is 7.12 Å². The van der Waals surface area contributed by atoms with Crippen molar-refractivity contribution in [3.8, 4) is 11.5 Å². The molecule has 0 aliphatic carbocycles. The van der Waals surface area contributed by atoms with E-state index in [-0.39, 0.29) is 16.2 Å². The second-order valence-corrected chi connectivity index (χ2v) is 7.19. The van der Waals surface area contributed by atoms with Crippen LogP contribution in [0.25, 0.3) is 0 Å². The molecule has 0 aromatic heterocycles. The summed E-state index contributed by atoms with van der Waals surface area (Å²) in [5.41, 5.74) is 1.76. The molecule has 0 aliphatic rings. The lowest BCUT2D eigenvalue weighted by Gasteiger charge is -2.27. The van der Waals surface area contributed by atoms with Crippen LogP contribution >= 0.6 is 11.6 Å². The highest BCUT2D eigenvalue weighted by Gasteiger charge is 2.23. The lowest BCUT2D eigenvalue weighted by atomic mass is 9.79. The summed E-state index contributed by atoms with van der Waals surface area (Å²) in [6, 6.07) is 17.6. The molecule has 5 nitrogen and oxygen atoms in total. The minimum absolute atomic E-state index is 0.178.